The van der Waals surface area contributed by atoms with Crippen molar-refractivity contribution in [2.24, 2.45) is 0 Å². The number of rotatable bonds is 2. The molecular formula is C15H19NO. The first-order valence-corrected chi connectivity index (χ1v) is 6.23. The van der Waals surface area contributed by atoms with E-state index in [1.807, 2.05) is 12.3 Å². The third kappa shape index (κ3) is 2.96. The average Bonchev–Trinajstić information content (AvgIpc) is 2.32. The Kier molecular flexibility index (Phi) is 3.62. The van der Waals surface area contributed by atoms with Gasteiger partial charge in [0, 0.05) is 23.9 Å². The van der Waals surface area contributed by atoms with E-state index >= 15 is 0 Å². The summed E-state index contributed by atoms with van der Waals surface area (Å²) in [5.74, 6) is 0.299. The molecule has 1 fully saturated rings. The number of aryl methyl sites for hydroxylation is 2. The number of carbonyl (C=O) groups excluding carboxylic acids is 1. The molecule has 1 aromatic rings. The quantitative estimate of drug-likeness (QED) is 0.783. The first-order chi connectivity index (χ1) is 8.16. The van der Waals surface area contributed by atoms with Gasteiger partial charge >= 0.3 is 0 Å². The Balaban J connectivity index is 2.08. The fourth-order valence-corrected chi connectivity index (χ4v) is 2.06. The Morgan fingerprint density at radius 3 is 2.59 bits per heavy atom. The van der Waals surface area contributed by atoms with E-state index < -0.39 is 0 Å². The molecule has 0 aliphatic heterocycles. The van der Waals surface area contributed by atoms with Gasteiger partial charge in [-0.2, -0.15) is 0 Å². The van der Waals surface area contributed by atoms with Crippen molar-refractivity contribution in [3.63, 3.8) is 0 Å². The average molecular weight is 229 g/mol. The van der Waals surface area contributed by atoms with Crippen molar-refractivity contribution in [2.45, 2.75) is 39.5 Å². The molecule has 90 valence electrons. The van der Waals surface area contributed by atoms with Crippen LogP contribution in [0.25, 0.3) is 0 Å². The first kappa shape index (κ1) is 11.9. The largest absolute Gasteiger partial charge is 0.361 e. The Labute approximate surface area is 103 Å². The van der Waals surface area contributed by atoms with Crippen LogP contribution in [0.5, 0.6) is 0 Å². The molecule has 1 saturated carbocycles. The summed E-state index contributed by atoms with van der Waals surface area (Å²) >= 11 is 0. The lowest BCUT2D eigenvalue weighted by atomic mass is 9.94. The maximum Gasteiger partial charge on any atom is 0.160 e. The van der Waals surface area contributed by atoms with Crippen LogP contribution in [0.4, 0.5) is 5.69 Å². The van der Waals surface area contributed by atoms with Gasteiger partial charge < -0.3 is 5.32 Å². The number of ketones is 1. The van der Waals surface area contributed by atoms with E-state index in [9.17, 15) is 4.79 Å². The van der Waals surface area contributed by atoms with Gasteiger partial charge in [0.25, 0.3) is 0 Å². The van der Waals surface area contributed by atoms with Gasteiger partial charge in [-0.25, -0.2) is 0 Å². The van der Waals surface area contributed by atoms with Crippen LogP contribution >= 0.6 is 0 Å². The first-order valence-electron chi connectivity index (χ1n) is 6.23. The van der Waals surface area contributed by atoms with Crippen LogP contribution < -0.4 is 5.32 Å². The monoisotopic (exact) mass is 229 g/mol. The third-order valence-corrected chi connectivity index (χ3v) is 3.38. The maximum absolute atomic E-state index is 11.6. The minimum Gasteiger partial charge on any atom is -0.361 e. The number of carbonyl (C=O) groups is 1. The summed E-state index contributed by atoms with van der Waals surface area (Å²) in [7, 11) is 0. The Morgan fingerprint density at radius 1 is 1.12 bits per heavy atom. The van der Waals surface area contributed by atoms with Crippen LogP contribution in [0, 0.1) is 13.8 Å². The summed E-state index contributed by atoms with van der Waals surface area (Å²) in [5, 5.41) is 3.23. The fraction of sp³-hybridized carbons (Fsp3) is 0.400. The van der Waals surface area contributed by atoms with Gasteiger partial charge in [-0.1, -0.05) is 6.07 Å². The molecule has 0 unspecified atom stereocenters. The van der Waals surface area contributed by atoms with Crippen LogP contribution in [0.15, 0.2) is 30.0 Å². The molecule has 2 nitrogen and oxygen atoms in total. The SMILES string of the molecule is Cc1ccc(N/C=C2\CCCCC2=O)cc1C. The molecule has 2 rings (SSSR count). The number of benzene rings is 1. The Hall–Kier alpha value is -1.57. The van der Waals surface area contributed by atoms with E-state index in [4.69, 9.17) is 0 Å². The summed E-state index contributed by atoms with van der Waals surface area (Å²) in [4.78, 5) is 11.6. The fourth-order valence-electron chi connectivity index (χ4n) is 2.06. The zero-order chi connectivity index (χ0) is 12.3. The van der Waals surface area contributed by atoms with Gasteiger partial charge in [0.2, 0.25) is 0 Å². The van der Waals surface area contributed by atoms with Crippen molar-refractivity contribution in [1.29, 1.82) is 0 Å². The van der Waals surface area contributed by atoms with Gasteiger partial charge in [0.05, 0.1) is 0 Å². The zero-order valence-electron chi connectivity index (χ0n) is 10.5. The van der Waals surface area contributed by atoms with E-state index in [2.05, 4.69) is 31.3 Å². The van der Waals surface area contributed by atoms with Crippen molar-refractivity contribution >= 4 is 11.5 Å². The molecule has 17 heavy (non-hydrogen) atoms. The molecular weight excluding hydrogens is 210 g/mol. The maximum atomic E-state index is 11.6. The predicted molar refractivity (Wildman–Crippen MR) is 71.1 cm³/mol. The third-order valence-electron chi connectivity index (χ3n) is 3.38. The zero-order valence-corrected chi connectivity index (χ0v) is 10.5. The summed E-state index contributed by atoms with van der Waals surface area (Å²) in [6.45, 7) is 4.20. The number of hydrogen-bond acceptors (Lipinski definition) is 2. The Morgan fingerprint density at radius 2 is 1.88 bits per heavy atom. The summed E-state index contributed by atoms with van der Waals surface area (Å²) in [6, 6.07) is 6.26. The van der Waals surface area contributed by atoms with E-state index in [0.717, 1.165) is 30.5 Å². The van der Waals surface area contributed by atoms with Crippen molar-refractivity contribution in [1.82, 2.24) is 0 Å². The van der Waals surface area contributed by atoms with Gasteiger partial charge in [-0.05, 0) is 56.4 Å². The standard InChI is InChI=1S/C15H19NO/c1-11-7-8-14(9-12(11)2)16-10-13-5-3-4-6-15(13)17/h7-10,16H,3-6H2,1-2H3/b13-10+. The molecule has 1 aliphatic rings. The van der Waals surface area contributed by atoms with Crippen molar-refractivity contribution in [3.8, 4) is 0 Å². The van der Waals surface area contributed by atoms with Crippen molar-refractivity contribution in [3.05, 3.63) is 41.1 Å². The predicted octanol–water partition coefficient (Wildman–Crippen LogP) is 3.74. The topological polar surface area (TPSA) is 29.1 Å². The number of anilines is 1. The van der Waals surface area contributed by atoms with E-state index in [1.54, 1.807) is 0 Å². The molecule has 0 bridgehead atoms. The summed E-state index contributed by atoms with van der Waals surface area (Å²) in [5.41, 5.74) is 4.55. The molecule has 0 aromatic heterocycles. The highest BCUT2D eigenvalue weighted by Crippen LogP contribution is 2.20. The molecule has 0 atom stereocenters. The van der Waals surface area contributed by atoms with Crippen molar-refractivity contribution in [2.75, 3.05) is 5.32 Å². The second-order valence-corrected chi connectivity index (χ2v) is 4.74. The molecule has 1 aliphatic carbocycles. The summed E-state index contributed by atoms with van der Waals surface area (Å²) < 4.78 is 0. The molecule has 0 radical (unpaired) electrons. The minimum absolute atomic E-state index is 0.299. The highest BCUT2D eigenvalue weighted by molar-refractivity contribution is 5.96. The lowest BCUT2D eigenvalue weighted by molar-refractivity contribution is -0.116. The lowest BCUT2D eigenvalue weighted by Crippen LogP contribution is -2.09. The molecule has 1 aromatic carbocycles. The molecule has 0 heterocycles. The minimum atomic E-state index is 0.299. The van der Waals surface area contributed by atoms with Gasteiger partial charge in [0.1, 0.15) is 0 Å². The van der Waals surface area contributed by atoms with Gasteiger partial charge in [-0.3, -0.25) is 4.79 Å². The van der Waals surface area contributed by atoms with E-state index in [0.29, 0.717) is 12.2 Å². The second-order valence-electron chi connectivity index (χ2n) is 4.74. The number of nitrogens with one attached hydrogen (secondary N) is 1. The smallest absolute Gasteiger partial charge is 0.160 e. The van der Waals surface area contributed by atoms with Crippen LogP contribution in [0.3, 0.4) is 0 Å². The van der Waals surface area contributed by atoms with Gasteiger partial charge in [0.15, 0.2) is 5.78 Å². The molecule has 1 N–H and O–H groups in total. The second kappa shape index (κ2) is 5.17. The van der Waals surface area contributed by atoms with Crippen LogP contribution in [-0.2, 0) is 4.79 Å². The van der Waals surface area contributed by atoms with E-state index in [1.165, 1.54) is 11.1 Å². The van der Waals surface area contributed by atoms with Crippen molar-refractivity contribution < 1.29 is 4.79 Å². The number of Topliss-reactive ketones (excluding diaryl/α,β-unsaturated/α-hetero) is 1. The molecule has 2 heteroatoms. The van der Waals surface area contributed by atoms with Crippen LogP contribution in [-0.4, -0.2) is 5.78 Å². The highest BCUT2D eigenvalue weighted by atomic mass is 16.1. The number of allylic oxidation sites excluding steroid dienone is 1. The number of hydrogen-bond donors (Lipinski definition) is 1. The molecule has 0 amide bonds. The summed E-state index contributed by atoms with van der Waals surface area (Å²) in [6.07, 6.45) is 5.68. The Bertz CT molecular complexity index is 460. The van der Waals surface area contributed by atoms with Crippen LogP contribution in [0.1, 0.15) is 36.8 Å². The lowest BCUT2D eigenvalue weighted by Gasteiger charge is -2.13. The molecule has 0 spiro atoms. The normalized spacial score (nSPS) is 18.5. The molecule has 0 saturated heterocycles. The van der Waals surface area contributed by atoms with Gasteiger partial charge in [-0.15, -0.1) is 0 Å². The highest BCUT2D eigenvalue weighted by Gasteiger charge is 2.14. The van der Waals surface area contributed by atoms with E-state index in [-0.39, 0.29) is 0 Å². The van der Waals surface area contributed by atoms with Crippen LogP contribution in [0.2, 0.25) is 0 Å².